The Morgan fingerprint density at radius 3 is 2.33 bits per heavy atom. The molecule has 0 fully saturated rings. The first-order valence-corrected chi connectivity index (χ1v) is 5.90. The SMILES string of the molecule is COCC(C)NCc1cc(F)ccc1F.O=C(O)C(=O)O. The van der Waals surface area contributed by atoms with Gasteiger partial charge in [-0.1, -0.05) is 0 Å². The van der Waals surface area contributed by atoms with Gasteiger partial charge in [0.05, 0.1) is 6.61 Å². The van der Waals surface area contributed by atoms with Gasteiger partial charge in [0, 0.05) is 25.3 Å². The lowest BCUT2D eigenvalue weighted by atomic mass is 10.2. The maximum absolute atomic E-state index is 13.2. The Labute approximate surface area is 120 Å². The van der Waals surface area contributed by atoms with E-state index in [1.54, 1.807) is 7.11 Å². The minimum Gasteiger partial charge on any atom is -0.473 e. The van der Waals surface area contributed by atoms with Gasteiger partial charge in [0.1, 0.15) is 11.6 Å². The number of rotatable bonds is 5. The van der Waals surface area contributed by atoms with Crippen LogP contribution in [0.4, 0.5) is 8.78 Å². The van der Waals surface area contributed by atoms with Gasteiger partial charge in [-0.25, -0.2) is 18.4 Å². The molecule has 3 N–H and O–H groups in total. The molecule has 1 rings (SSSR count). The molecule has 1 atom stereocenters. The fourth-order valence-corrected chi connectivity index (χ4v) is 1.27. The van der Waals surface area contributed by atoms with Crippen LogP contribution < -0.4 is 5.32 Å². The van der Waals surface area contributed by atoms with Crippen molar-refractivity contribution in [1.29, 1.82) is 0 Å². The van der Waals surface area contributed by atoms with E-state index in [0.29, 0.717) is 18.7 Å². The normalized spacial score (nSPS) is 11.2. The van der Waals surface area contributed by atoms with Gasteiger partial charge in [-0.3, -0.25) is 0 Å². The summed E-state index contributed by atoms with van der Waals surface area (Å²) >= 11 is 0. The van der Waals surface area contributed by atoms with Crippen molar-refractivity contribution in [1.82, 2.24) is 5.32 Å². The van der Waals surface area contributed by atoms with Gasteiger partial charge in [-0.2, -0.15) is 0 Å². The summed E-state index contributed by atoms with van der Waals surface area (Å²) in [6.45, 7) is 2.76. The number of aliphatic carboxylic acids is 2. The van der Waals surface area contributed by atoms with Crippen LogP contribution in [0.5, 0.6) is 0 Å². The summed E-state index contributed by atoms with van der Waals surface area (Å²) in [6.07, 6.45) is 0. The standard InChI is InChI=1S/C11H15F2NO.C2H2O4/c1-8(7-15-2)14-6-9-5-10(12)3-4-11(9)13;3-1(4)2(5)6/h3-5,8,14H,6-7H2,1-2H3;(H,3,4)(H,5,6). The summed E-state index contributed by atoms with van der Waals surface area (Å²) in [7, 11) is 1.60. The van der Waals surface area contributed by atoms with Gasteiger partial charge in [0.2, 0.25) is 0 Å². The number of methoxy groups -OCH3 is 1. The van der Waals surface area contributed by atoms with E-state index < -0.39 is 23.6 Å². The second kappa shape index (κ2) is 9.78. The van der Waals surface area contributed by atoms with Crippen LogP contribution in [0.25, 0.3) is 0 Å². The molecule has 0 aliphatic heterocycles. The average Bonchev–Trinajstić information content (AvgIpc) is 2.41. The molecule has 0 amide bonds. The van der Waals surface area contributed by atoms with Gasteiger partial charge >= 0.3 is 11.9 Å². The molecule has 0 saturated heterocycles. The van der Waals surface area contributed by atoms with E-state index in [2.05, 4.69) is 5.32 Å². The molecule has 0 aromatic heterocycles. The minimum atomic E-state index is -1.82. The van der Waals surface area contributed by atoms with Crippen molar-refractivity contribution in [2.45, 2.75) is 19.5 Å². The molecule has 0 aliphatic carbocycles. The monoisotopic (exact) mass is 305 g/mol. The first kappa shape index (κ1) is 18.9. The highest BCUT2D eigenvalue weighted by molar-refractivity contribution is 6.27. The zero-order valence-electron chi connectivity index (χ0n) is 11.6. The largest absolute Gasteiger partial charge is 0.473 e. The first-order valence-electron chi connectivity index (χ1n) is 5.90. The first-order chi connectivity index (χ1) is 9.77. The van der Waals surface area contributed by atoms with E-state index in [4.69, 9.17) is 24.5 Å². The molecule has 0 bridgehead atoms. The number of hydrogen-bond donors (Lipinski definition) is 3. The molecular weight excluding hydrogens is 288 g/mol. The molecule has 118 valence electrons. The number of ether oxygens (including phenoxy) is 1. The Hall–Kier alpha value is -2.06. The summed E-state index contributed by atoms with van der Waals surface area (Å²) in [4.78, 5) is 18.2. The van der Waals surface area contributed by atoms with Gasteiger partial charge in [0.25, 0.3) is 0 Å². The third-order valence-corrected chi connectivity index (χ3v) is 2.25. The van der Waals surface area contributed by atoms with E-state index in [1.807, 2.05) is 6.92 Å². The molecule has 8 heteroatoms. The smallest absolute Gasteiger partial charge is 0.414 e. The zero-order valence-corrected chi connectivity index (χ0v) is 11.6. The molecule has 0 radical (unpaired) electrons. The third-order valence-electron chi connectivity index (χ3n) is 2.25. The molecule has 1 unspecified atom stereocenters. The second-order valence-corrected chi connectivity index (χ2v) is 4.08. The van der Waals surface area contributed by atoms with Crippen LogP contribution >= 0.6 is 0 Å². The summed E-state index contributed by atoms with van der Waals surface area (Å²) in [5, 5.41) is 17.8. The predicted molar refractivity (Wildman–Crippen MR) is 69.8 cm³/mol. The quantitative estimate of drug-likeness (QED) is 0.709. The zero-order chi connectivity index (χ0) is 16.4. The highest BCUT2D eigenvalue weighted by atomic mass is 19.1. The topological polar surface area (TPSA) is 95.9 Å². The average molecular weight is 305 g/mol. The number of hydrogen-bond acceptors (Lipinski definition) is 4. The molecular formula is C13H17F2NO5. The Morgan fingerprint density at radius 2 is 1.86 bits per heavy atom. The molecule has 0 aliphatic rings. The molecule has 1 aromatic rings. The maximum atomic E-state index is 13.2. The van der Waals surface area contributed by atoms with Crippen molar-refractivity contribution < 1.29 is 33.3 Å². The van der Waals surface area contributed by atoms with Crippen LogP contribution in [0.15, 0.2) is 18.2 Å². The predicted octanol–water partition coefficient (Wildman–Crippen LogP) is 1.24. The Kier molecular flexibility index (Phi) is 8.82. The Morgan fingerprint density at radius 1 is 1.29 bits per heavy atom. The summed E-state index contributed by atoms with van der Waals surface area (Å²) in [6, 6.07) is 3.55. The lowest BCUT2D eigenvalue weighted by Gasteiger charge is -2.12. The van der Waals surface area contributed by atoms with Gasteiger partial charge < -0.3 is 20.3 Å². The van der Waals surface area contributed by atoms with Crippen LogP contribution in [0.1, 0.15) is 12.5 Å². The summed E-state index contributed by atoms with van der Waals surface area (Å²) in [5.74, 6) is -4.47. The molecule has 0 saturated carbocycles. The van der Waals surface area contributed by atoms with Crippen molar-refractivity contribution in [3.8, 4) is 0 Å². The van der Waals surface area contributed by atoms with Crippen LogP contribution in [-0.4, -0.2) is 41.9 Å². The number of nitrogens with one attached hydrogen (secondary N) is 1. The highest BCUT2D eigenvalue weighted by Crippen LogP contribution is 2.09. The second-order valence-electron chi connectivity index (χ2n) is 4.08. The van der Waals surface area contributed by atoms with E-state index >= 15 is 0 Å². The van der Waals surface area contributed by atoms with Crippen molar-refractivity contribution in [3.63, 3.8) is 0 Å². The summed E-state index contributed by atoms with van der Waals surface area (Å²) < 4.78 is 30.9. The Balaban J connectivity index is 0.000000567. The van der Waals surface area contributed by atoms with Crippen molar-refractivity contribution in [2.24, 2.45) is 0 Å². The summed E-state index contributed by atoms with van der Waals surface area (Å²) in [5.41, 5.74) is 0.331. The van der Waals surface area contributed by atoms with E-state index in [1.165, 1.54) is 6.07 Å². The minimum absolute atomic E-state index is 0.109. The van der Waals surface area contributed by atoms with E-state index in [-0.39, 0.29) is 6.04 Å². The third kappa shape index (κ3) is 8.66. The number of benzene rings is 1. The molecule has 21 heavy (non-hydrogen) atoms. The number of carboxylic acids is 2. The molecule has 1 aromatic carbocycles. The molecule has 0 heterocycles. The van der Waals surface area contributed by atoms with E-state index in [9.17, 15) is 8.78 Å². The molecule has 0 spiro atoms. The number of carbonyl (C=O) groups is 2. The lowest BCUT2D eigenvalue weighted by Crippen LogP contribution is -2.29. The number of carboxylic acid groups (broad SMARTS) is 2. The van der Waals surface area contributed by atoms with Gasteiger partial charge in [-0.05, 0) is 25.1 Å². The van der Waals surface area contributed by atoms with Gasteiger partial charge in [0.15, 0.2) is 0 Å². The fourth-order valence-electron chi connectivity index (χ4n) is 1.27. The van der Waals surface area contributed by atoms with Crippen molar-refractivity contribution >= 4 is 11.9 Å². The lowest BCUT2D eigenvalue weighted by molar-refractivity contribution is -0.159. The van der Waals surface area contributed by atoms with E-state index in [0.717, 1.165) is 12.1 Å². The van der Waals surface area contributed by atoms with Crippen LogP contribution in [0, 0.1) is 11.6 Å². The Bertz CT molecular complexity index is 470. The van der Waals surface area contributed by atoms with Crippen LogP contribution in [0.2, 0.25) is 0 Å². The van der Waals surface area contributed by atoms with Crippen LogP contribution in [-0.2, 0) is 20.9 Å². The highest BCUT2D eigenvalue weighted by Gasteiger charge is 2.06. The van der Waals surface area contributed by atoms with Crippen molar-refractivity contribution in [2.75, 3.05) is 13.7 Å². The maximum Gasteiger partial charge on any atom is 0.414 e. The molecule has 6 nitrogen and oxygen atoms in total. The fraction of sp³-hybridized carbons (Fsp3) is 0.385. The van der Waals surface area contributed by atoms with Crippen molar-refractivity contribution in [3.05, 3.63) is 35.4 Å². The number of halogens is 2. The van der Waals surface area contributed by atoms with Crippen LogP contribution in [0.3, 0.4) is 0 Å². The van der Waals surface area contributed by atoms with Gasteiger partial charge in [-0.15, -0.1) is 0 Å².